The van der Waals surface area contributed by atoms with E-state index in [1.54, 1.807) is 36.9 Å². The van der Waals surface area contributed by atoms with Crippen LogP contribution in [0.2, 0.25) is 0 Å². The predicted octanol–water partition coefficient (Wildman–Crippen LogP) is 5.47. The van der Waals surface area contributed by atoms with Gasteiger partial charge in [-0.15, -0.1) is 11.8 Å². The summed E-state index contributed by atoms with van der Waals surface area (Å²) in [7, 11) is 0. The number of amides is 1. The number of hydrogen-bond donors (Lipinski definition) is 1. The fourth-order valence-corrected chi connectivity index (χ4v) is 4.20. The Labute approximate surface area is 166 Å². The first-order valence-corrected chi connectivity index (χ1v) is 10.1. The monoisotopic (exact) mass is 409 g/mol. The molecule has 2 aromatic carbocycles. The minimum atomic E-state index is -4.41. The summed E-state index contributed by atoms with van der Waals surface area (Å²) in [4.78, 5) is 13.6. The lowest BCUT2D eigenvalue weighted by Crippen LogP contribution is -2.27. The van der Waals surface area contributed by atoms with E-state index in [1.165, 1.54) is 6.07 Å². The molecule has 0 saturated carbocycles. The van der Waals surface area contributed by atoms with Gasteiger partial charge in [0.15, 0.2) is 0 Å². The van der Waals surface area contributed by atoms with Crippen LogP contribution in [-0.4, -0.2) is 24.4 Å². The van der Waals surface area contributed by atoms with Crippen LogP contribution >= 0.6 is 11.8 Å². The average Bonchev–Trinajstić information content (AvgIpc) is 3.19. The SMILES string of the molecule is CC(NC(=O)c1ccccc1SCC1CCCO1)c1cccc(C(F)(F)F)c1. The largest absolute Gasteiger partial charge is 0.416 e. The normalized spacial score (nSPS) is 18.1. The van der Waals surface area contributed by atoms with E-state index in [0.29, 0.717) is 11.1 Å². The maximum absolute atomic E-state index is 12.9. The van der Waals surface area contributed by atoms with Gasteiger partial charge in [0.1, 0.15) is 0 Å². The van der Waals surface area contributed by atoms with Gasteiger partial charge in [-0.3, -0.25) is 4.79 Å². The third-order valence-electron chi connectivity index (χ3n) is 4.64. The molecular formula is C21H22F3NO2S. The van der Waals surface area contributed by atoms with Gasteiger partial charge in [-0.1, -0.05) is 24.3 Å². The van der Waals surface area contributed by atoms with Crippen LogP contribution in [0.1, 0.15) is 47.3 Å². The van der Waals surface area contributed by atoms with Crippen molar-refractivity contribution in [3.63, 3.8) is 0 Å². The molecule has 3 nitrogen and oxygen atoms in total. The Bertz CT molecular complexity index is 819. The second kappa shape index (κ2) is 9.01. The number of rotatable bonds is 6. The number of carbonyl (C=O) groups excluding carboxylic acids is 1. The molecule has 1 fully saturated rings. The highest BCUT2D eigenvalue weighted by atomic mass is 32.2. The maximum atomic E-state index is 12.9. The van der Waals surface area contributed by atoms with Crippen LogP contribution in [0.5, 0.6) is 0 Å². The van der Waals surface area contributed by atoms with Crippen molar-refractivity contribution in [3.8, 4) is 0 Å². The molecule has 0 aromatic heterocycles. The number of halogens is 3. The first kappa shape index (κ1) is 20.7. The predicted molar refractivity (Wildman–Crippen MR) is 103 cm³/mol. The molecule has 0 radical (unpaired) electrons. The van der Waals surface area contributed by atoms with Crippen LogP contribution in [0.15, 0.2) is 53.4 Å². The Morgan fingerprint density at radius 2 is 2.04 bits per heavy atom. The Balaban J connectivity index is 1.69. The smallest absolute Gasteiger partial charge is 0.377 e. The molecule has 150 valence electrons. The topological polar surface area (TPSA) is 38.3 Å². The number of nitrogens with one attached hydrogen (secondary N) is 1. The summed E-state index contributed by atoms with van der Waals surface area (Å²) in [6, 6.07) is 11.7. The van der Waals surface area contributed by atoms with Crippen molar-refractivity contribution >= 4 is 17.7 Å². The van der Waals surface area contributed by atoms with Gasteiger partial charge in [0.25, 0.3) is 5.91 Å². The van der Waals surface area contributed by atoms with Gasteiger partial charge in [-0.2, -0.15) is 13.2 Å². The summed E-state index contributed by atoms with van der Waals surface area (Å²) in [6.07, 6.45) is -2.13. The molecule has 0 aliphatic carbocycles. The molecule has 2 unspecified atom stereocenters. The lowest BCUT2D eigenvalue weighted by Gasteiger charge is -2.18. The van der Waals surface area contributed by atoms with Crippen molar-refractivity contribution in [1.82, 2.24) is 5.32 Å². The minimum Gasteiger partial charge on any atom is -0.377 e. The van der Waals surface area contributed by atoms with E-state index in [1.807, 2.05) is 12.1 Å². The number of hydrogen-bond acceptors (Lipinski definition) is 3. The van der Waals surface area contributed by atoms with Crippen molar-refractivity contribution in [2.75, 3.05) is 12.4 Å². The van der Waals surface area contributed by atoms with Crippen molar-refractivity contribution < 1.29 is 22.7 Å². The van der Waals surface area contributed by atoms with Gasteiger partial charge in [0, 0.05) is 17.3 Å². The number of alkyl halides is 3. The second-order valence-electron chi connectivity index (χ2n) is 6.76. The number of carbonyl (C=O) groups is 1. The molecular weight excluding hydrogens is 387 g/mol. The summed E-state index contributed by atoms with van der Waals surface area (Å²) in [5.41, 5.74) is 0.204. The molecule has 28 heavy (non-hydrogen) atoms. The van der Waals surface area contributed by atoms with Gasteiger partial charge in [0.2, 0.25) is 0 Å². The summed E-state index contributed by atoms with van der Waals surface area (Å²) in [6.45, 7) is 2.46. The quantitative estimate of drug-likeness (QED) is 0.643. The highest BCUT2D eigenvalue weighted by molar-refractivity contribution is 7.99. The highest BCUT2D eigenvalue weighted by Crippen LogP contribution is 2.31. The molecule has 2 atom stereocenters. The summed E-state index contributed by atoms with van der Waals surface area (Å²) < 4.78 is 44.4. The average molecular weight is 409 g/mol. The van der Waals surface area contributed by atoms with Gasteiger partial charge < -0.3 is 10.1 Å². The van der Waals surface area contributed by atoms with Crippen LogP contribution in [0.4, 0.5) is 13.2 Å². The third kappa shape index (κ3) is 5.29. The number of thioether (sulfide) groups is 1. The van der Waals surface area contributed by atoms with E-state index in [0.717, 1.165) is 42.2 Å². The summed E-state index contributed by atoms with van der Waals surface area (Å²) in [5, 5.41) is 2.81. The fourth-order valence-electron chi connectivity index (χ4n) is 3.08. The molecule has 1 heterocycles. The molecule has 1 aliphatic heterocycles. The maximum Gasteiger partial charge on any atom is 0.416 e. The van der Waals surface area contributed by atoms with Gasteiger partial charge in [0.05, 0.1) is 23.3 Å². The van der Waals surface area contributed by atoms with Crippen molar-refractivity contribution in [1.29, 1.82) is 0 Å². The van der Waals surface area contributed by atoms with Gasteiger partial charge >= 0.3 is 6.18 Å². The molecule has 0 spiro atoms. The Morgan fingerprint density at radius 3 is 2.75 bits per heavy atom. The fraction of sp³-hybridized carbons (Fsp3) is 0.381. The Kier molecular flexibility index (Phi) is 6.67. The zero-order valence-corrected chi connectivity index (χ0v) is 16.3. The van der Waals surface area contributed by atoms with E-state index in [2.05, 4.69) is 5.32 Å². The Morgan fingerprint density at radius 1 is 1.25 bits per heavy atom. The molecule has 3 rings (SSSR count). The standard InChI is InChI=1S/C21H22F3NO2S/c1-14(15-6-4-7-16(12-15)21(22,23)24)25-20(26)18-9-2-3-10-19(18)28-13-17-8-5-11-27-17/h2-4,6-7,9-10,12,14,17H,5,8,11,13H2,1H3,(H,25,26). The van der Waals surface area contributed by atoms with E-state index in [4.69, 9.17) is 4.74 Å². The van der Waals surface area contributed by atoms with E-state index >= 15 is 0 Å². The molecule has 2 aromatic rings. The Hall–Kier alpha value is -1.99. The molecule has 0 bridgehead atoms. The number of benzene rings is 2. The summed E-state index contributed by atoms with van der Waals surface area (Å²) in [5.74, 6) is 0.466. The summed E-state index contributed by atoms with van der Waals surface area (Å²) >= 11 is 1.57. The van der Waals surface area contributed by atoms with Crippen molar-refractivity contribution in [2.24, 2.45) is 0 Å². The second-order valence-corrected chi connectivity index (χ2v) is 7.82. The number of ether oxygens (including phenoxy) is 1. The third-order valence-corrected chi connectivity index (χ3v) is 5.85. The lowest BCUT2D eigenvalue weighted by molar-refractivity contribution is -0.137. The van der Waals surface area contributed by atoms with Crippen molar-refractivity contribution in [2.45, 2.75) is 43.0 Å². The zero-order chi connectivity index (χ0) is 20.1. The van der Waals surface area contributed by atoms with Crippen LogP contribution < -0.4 is 5.32 Å². The van der Waals surface area contributed by atoms with Gasteiger partial charge in [-0.05, 0) is 49.6 Å². The van der Waals surface area contributed by atoms with Crippen LogP contribution in [0.25, 0.3) is 0 Å². The van der Waals surface area contributed by atoms with Crippen LogP contribution in [0.3, 0.4) is 0 Å². The molecule has 1 amide bonds. The molecule has 1 N–H and O–H groups in total. The minimum absolute atomic E-state index is 0.199. The van der Waals surface area contributed by atoms with Crippen molar-refractivity contribution in [3.05, 3.63) is 65.2 Å². The van der Waals surface area contributed by atoms with Gasteiger partial charge in [-0.25, -0.2) is 0 Å². The van der Waals surface area contributed by atoms with Crippen LogP contribution in [0, 0.1) is 0 Å². The lowest BCUT2D eigenvalue weighted by atomic mass is 10.0. The molecule has 1 saturated heterocycles. The molecule has 7 heteroatoms. The molecule has 1 aliphatic rings. The zero-order valence-electron chi connectivity index (χ0n) is 15.5. The first-order valence-electron chi connectivity index (χ1n) is 9.16. The van der Waals surface area contributed by atoms with E-state index in [-0.39, 0.29) is 12.0 Å². The van der Waals surface area contributed by atoms with Crippen LogP contribution in [-0.2, 0) is 10.9 Å². The van der Waals surface area contributed by atoms with E-state index in [9.17, 15) is 18.0 Å². The first-order chi connectivity index (χ1) is 13.3. The highest BCUT2D eigenvalue weighted by Gasteiger charge is 2.30. The van der Waals surface area contributed by atoms with E-state index < -0.39 is 17.8 Å².